The number of hydrogen-bond donors (Lipinski definition) is 1. The quantitative estimate of drug-likeness (QED) is 0.271. The Hall–Kier alpha value is -4.25. The Morgan fingerprint density at radius 3 is 2.26 bits per heavy atom. The van der Waals surface area contributed by atoms with E-state index in [2.05, 4.69) is 94.2 Å². The van der Waals surface area contributed by atoms with Gasteiger partial charge in [0, 0.05) is 52.9 Å². The normalized spacial score (nSPS) is 16.7. The van der Waals surface area contributed by atoms with E-state index in [1.54, 1.807) is 0 Å². The lowest BCUT2D eigenvalue weighted by Crippen LogP contribution is -2.33. The summed E-state index contributed by atoms with van der Waals surface area (Å²) in [6, 6.07) is 22.3. The SMILES string of the molecule is CCN(CC)c1ccc2c(c1)Oc1cc(C)c(Nc3ccc(C)c(C)c3C)cc1C21OC(=O)c2ccccc21. The highest BCUT2D eigenvalue weighted by molar-refractivity contribution is 5.97. The van der Waals surface area contributed by atoms with E-state index in [0.29, 0.717) is 17.1 Å². The summed E-state index contributed by atoms with van der Waals surface area (Å²) < 4.78 is 13.0. The zero-order valence-corrected chi connectivity index (χ0v) is 23.4. The Balaban J connectivity index is 1.57. The number of ether oxygens (including phenoxy) is 2. The summed E-state index contributed by atoms with van der Waals surface area (Å²) in [7, 11) is 0. The number of aryl methyl sites for hydroxylation is 2. The van der Waals surface area contributed by atoms with E-state index < -0.39 is 5.60 Å². The number of carbonyl (C=O) groups excluding carboxylic acids is 1. The third kappa shape index (κ3) is 3.71. The summed E-state index contributed by atoms with van der Waals surface area (Å²) in [6.07, 6.45) is 0. The van der Waals surface area contributed by atoms with Crippen LogP contribution in [0.1, 0.15) is 63.1 Å². The van der Waals surface area contributed by atoms with Gasteiger partial charge in [-0.3, -0.25) is 0 Å². The van der Waals surface area contributed by atoms with Gasteiger partial charge in [0.15, 0.2) is 5.60 Å². The molecule has 2 aliphatic heterocycles. The van der Waals surface area contributed by atoms with Gasteiger partial charge in [-0.25, -0.2) is 4.79 Å². The second-order valence-corrected chi connectivity index (χ2v) is 10.5. The van der Waals surface area contributed by atoms with E-state index in [4.69, 9.17) is 9.47 Å². The second kappa shape index (κ2) is 9.19. The molecule has 0 saturated heterocycles. The fourth-order valence-corrected chi connectivity index (χ4v) is 5.96. The van der Waals surface area contributed by atoms with Crippen LogP contribution in [0, 0.1) is 27.7 Å². The molecule has 1 atom stereocenters. The number of hydrogen-bond acceptors (Lipinski definition) is 5. The van der Waals surface area contributed by atoms with Crippen molar-refractivity contribution in [1.82, 2.24) is 0 Å². The Labute approximate surface area is 230 Å². The molecular formula is C34H34N2O3. The predicted molar refractivity (Wildman–Crippen MR) is 157 cm³/mol. The van der Waals surface area contributed by atoms with Crippen molar-refractivity contribution in [3.8, 4) is 11.5 Å². The molecule has 5 nitrogen and oxygen atoms in total. The first-order chi connectivity index (χ1) is 18.8. The molecule has 6 rings (SSSR count). The van der Waals surface area contributed by atoms with Gasteiger partial charge in [-0.1, -0.05) is 24.3 Å². The average molecular weight is 519 g/mol. The minimum atomic E-state index is -1.10. The Bertz CT molecular complexity index is 1640. The molecule has 2 aliphatic rings. The largest absolute Gasteiger partial charge is 0.456 e. The highest BCUT2D eigenvalue weighted by Gasteiger charge is 2.53. The first-order valence-corrected chi connectivity index (χ1v) is 13.7. The molecule has 1 N–H and O–H groups in total. The zero-order valence-electron chi connectivity index (χ0n) is 23.4. The van der Waals surface area contributed by atoms with Crippen molar-refractivity contribution in [2.45, 2.75) is 47.1 Å². The van der Waals surface area contributed by atoms with E-state index in [0.717, 1.165) is 52.4 Å². The molecule has 0 saturated carbocycles. The van der Waals surface area contributed by atoms with Gasteiger partial charge in [0.2, 0.25) is 0 Å². The lowest BCUT2D eigenvalue weighted by atomic mass is 9.77. The van der Waals surface area contributed by atoms with Crippen LogP contribution in [0.15, 0.2) is 66.7 Å². The zero-order chi connectivity index (χ0) is 27.5. The molecular weight excluding hydrogens is 484 g/mol. The van der Waals surface area contributed by atoms with Crippen molar-refractivity contribution < 1.29 is 14.3 Å². The Morgan fingerprint density at radius 1 is 0.744 bits per heavy atom. The molecule has 5 heteroatoms. The standard InChI is InChI=1S/C34H34N2O3/c1-7-36(8-2)24-14-15-27-32(18-24)38-31-17-21(4)30(35-29-16-13-20(3)22(5)23(29)6)19-28(31)34(27)26-12-10-9-11-25(26)33(37)39-34/h9-19,35H,7-8H2,1-6H3. The van der Waals surface area contributed by atoms with Crippen molar-refractivity contribution in [2.75, 3.05) is 23.3 Å². The fraction of sp³-hybridized carbons (Fsp3) is 0.265. The van der Waals surface area contributed by atoms with Crippen LogP contribution in [0.5, 0.6) is 11.5 Å². The molecule has 0 amide bonds. The molecule has 0 aromatic heterocycles. The third-order valence-corrected chi connectivity index (χ3v) is 8.50. The van der Waals surface area contributed by atoms with Crippen LogP contribution < -0.4 is 15.0 Å². The van der Waals surface area contributed by atoms with E-state index in [1.165, 1.54) is 16.7 Å². The maximum atomic E-state index is 13.3. The summed E-state index contributed by atoms with van der Waals surface area (Å²) in [5.41, 5.74) is 9.86. The summed E-state index contributed by atoms with van der Waals surface area (Å²) in [6.45, 7) is 14.6. The van der Waals surface area contributed by atoms with Gasteiger partial charge in [0.05, 0.1) is 5.56 Å². The highest BCUT2D eigenvalue weighted by Crippen LogP contribution is 2.57. The van der Waals surface area contributed by atoms with Crippen molar-refractivity contribution >= 4 is 23.0 Å². The minimum absolute atomic E-state index is 0.322. The van der Waals surface area contributed by atoms with Crippen molar-refractivity contribution in [3.63, 3.8) is 0 Å². The first-order valence-electron chi connectivity index (χ1n) is 13.7. The molecule has 0 fully saturated rings. The van der Waals surface area contributed by atoms with Gasteiger partial charge in [-0.05, 0) is 100 Å². The molecule has 0 bridgehead atoms. The van der Waals surface area contributed by atoms with Crippen LogP contribution in [0.4, 0.5) is 17.1 Å². The monoisotopic (exact) mass is 518 g/mol. The highest BCUT2D eigenvalue weighted by atomic mass is 16.6. The maximum absolute atomic E-state index is 13.3. The van der Waals surface area contributed by atoms with Gasteiger partial charge >= 0.3 is 5.97 Å². The van der Waals surface area contributed by atoms with Crippen LogP contribution in [0.3, 0.4) is 0 Å². The number of rotatable bonds is 5. The van der Waals surface area contributed by atoms with Crippen molar-refractivity contribution in [3.05, 3.63) is 111 Å². The van der Waals surface area contributed by atoms with E-state index >= 15 is 0 Å². The smallest absolute Gasteiger partial charge is 0.340 e. The van der Waals surface area contributed by atoms with E-state index in [9.17, 15) is 4.79 Å². The molecule has 0 aliphatic carbocycles. The van der Waals surface area contributed by atoms with Crippen LogP contribution in [-0.4, -0.2) is 19.1 Å². The molecule has 0 radical (unpaired) electrons. The number of carbonyl (C=O) groups is 1. The van der Waals surface area contributed by atoms with E-state index in [1.807, 2.05) is 24.3 Å². The molecule has 2 heterocycles. The van der Waals surface area contributed by atoms with Gasteiger partial charge in [-0.15, -0.1) is 0 Å². The first kappa shape index (κ1) is 25.1. The maximum Gasteiger partial charge on any atom is 0.340 e. The van der Waals surface area contributed by atoms with Crippen molar-refractivity contribution in [2.24, 2.45) is 0 Å². The number of fused-ring (bicyclic) bond motifs is 6. The van der Waals surface area contributed by atoms with Crippen LogP contribution in [0.25, 0.3) is 0 Å². The summed E-state index contributed by atoms with van der Waals surface area (Å²) >= 11 is 0. The summed E-state index contributed by atoms with van der Waals surface area (Å²) in [5, 5.41) is 3.66. The molecule has 1 spiro atoms. The molecule has 1 unspecified atom stereocenters. The summed E-state index contributed by atoms with van der Waals surface area (Å²) in [4.78, 5) is 15.6. The number of benzene rings is 4. The third-order valence-electron chi connectivity index (χ3n) is 8.50. The molecule has 4 aromatic rings. The van der Waals surface area contributed by atoms with Crippen LogP contribution >= 0.6 is 0 Å². The van der Waals surface area contributed by atoms with Gasteiger partial charge in [-0.2, -0.15) is 0 Å². The Morgan fingerprint density at radius 2 is 1.49 bits per heavy atom. The number of nitrogens with one attached hydrogen (secondary N) is 1. The fourth-order valence-electron chi connectivity index (χ4n) is 5.96. The second-order valence-electron chi connectivity index (χ2n) is 10.5. The molecule has 198 valence electrons. The van der Waals surface area contributed by atoms with Crippen molar-refractivity contribution in [1.29, 1.82) is 0 Å². The molecule has 4 aromatic carbocycles. The number of nitrogens with zero attached hydrogens (tertiary/aromatic N) is 1. The van der Waals surface area contributed by atoms with Gasteiger partial charge in [0.1, 0.15) is 11.5 Å². The topological polar surface area (TPSA) is 50.8 Å². The number of anilines is 3. The predicted octanol–water partition coefficient (Wildman–Crippen LogP) is 8.08. The number of esters is 1. The lowest BCUT2D eigenvalue weighted by Gasteiger charge is -2.37. The average Bonchev–Trinajstić information content (AvgIpc) is 3.23. The van der Waals surface area contributed by atoms with Gasteiger partial charge in [0.25, 0.3) is 0 Å². The summed E-state index contributed by atoms with van der Waals surface area (Å²) in [5.74, 6) is 1.09. The van der Waals surface area contributed by atoms with Gasteiger partial charge < -0.3 is 19.7 Å². The lowest BCUT2D eigenvalue weighted by molar-refractivity contribution is 0.0224. The Kier molecular flexibility index (Phi) is 5.91. The van der Waals surface area contributed by atoms with E-state index in [-0.39, 0.29) is 5.97 Å². The minimum Gasteiger partial charge on any atom is -0.456 e. The van der Waals surface area contributed by atoms with Crippen LogP contribution in [0.2, 0.25) is 0 Å². The molecule has 39 heavy (non-hydrogen) atoms. The van der Waals surface area contributed by atoms with Crippen LogP contribution in [-0.2, 0) is 10.3 Å².